The van der Waals surface area contributed by atoms with Crippen LogP contribution in [0.1, 0.15) is 70.6 Å². The van der Waals surface area contributed by atoms with Crippen molar-refractivity contribution in [2.75, 3.05) is 0 Å². The van der Waals surface area contributed by atoms with E-state index in [0.717, 1.165) is 5.92 Å². The minimum absolute atomic E-state index is 0.919. The quantitative estimate of drug-likeness (QED) is 0.552. The highest BCUT2D eigenvalue weighted by Gasteiger charge is 2.15. The van der Waals surface area contributed by atoms with Gasteiger partial charge in [-0.3, -0.25) is 0 Å². The van der Waals surface area contributed by atoms with Gasteiger partial charge in [-0.1, -0.05) is 55.9 Å². The molecule has 0 saturated heterocycles. The van der Waals surface area contributed by atoms with Gasteiger partial charge in [-0.25, -0.2) is 0 Å². The Balaban J connectivity index is 1.96. The molecular weight excluding hydrogens is 192 g/mol. The fourth-order valence-electron chi connectivity index (χ4n) is 3.13. The van der Waals surface area contributed by atoms with Crippen molar-refractivity contribution in [2.45, 2.75) is 70.6 Å². The molecule has 2 aliphatic carbocycles. The van der Waals surface area contributed by atoms with E-state index in [2.05, 4.69) is 18.2 Å². The average Bonchev–Trinajstić information content (AvgIpc) is 2.18. The zero-order valence-electron chi connectivity index (χ0n) is 10.6. The molecule has 2 aliphatic rings. The van der Waals surface area contributed by atoms with E-state index in [-0.39, 0.29) is 0 Å². The highest BCUT2D eigenvalue weighted by Crippen LogP contribution is 2.31. The van der Waals surface area contributed by atoms with Crippen LogP contribution in [0.3, 0.4) is 0 Å². The fourth-order valence-corrected chi connectivity index (χ4v) is 3.13. The van der Waals surface area contributed by atoms with E-state index >= 15 is 0 Å². The summed E-state index contributed by atoms with van der Waals surface area (Å²) in [4.78, 5) is 0. The van der Waals surface area contributed by atoms with Gasteiger partial charge in [0.05, 0.1) is 0 Å². The molecule has 0 heteroatoms. The minimum Gasteiger partial charge on any atom is -0.0845 e. The maximum absolute atomic E-state index is 2.44. The summed E-state index contributed by atoms with van der Waals surface area (Å²) in [6.07, 6.45) is 22.8. The summed E-state index contributed by atoms with van der Waals surface area (Å²) in [5.41, 5.74) is 1.76. The van der Waals surface area contributed by atoms with Gasteiger partial charge in [-0.2, -0.15) is 0 Å². The lowest BCUT2D eigenvalue weighted by molar-refractivity contribution is 0.409. The molecule has 0 N–H and O–H groups in total. The van der Waals surface area contributed by atoms with E-state index in [9.17, 15) is 0 Å². The second-order valence-electron chi connectivity index (χ2n) is 5.46. The van der Waals surface area contributed by atoms with Gasteiger partial charge in [0.1, 0.15) is 0 Å². The molecule has 0 nitrogen and oxygen atoms in total. The predicted octanol–water partition coefficient (Wildman–Crippen LogP) is 5.40. The van der Waals surface area contributed by atoms with Crippen molar-refractivity contribution in [3.63, 3.8) is 0 Å². The molecule has 1 fully saturated rings. The van der Waals surface area contributed by atoms with E-state index in [4.69, 9.17) is 0 Å². The largest absolute Gasteiger partial charge is 0.0845 e. The third kappa shape index (κ3) is 3.81. The first kappa shape index (κ1) is 12.0. The summed E-state index contributed by atoms with van der Waals surface area (Å²) in [6, 6.07) is 0. The van der Waals surface area contributed by atoms with E-state index in [1.165, 1.54) is 70.6 Å². The van der Waals surface area contributed by atoms with Crippen LogP contribution in [0.15, 0.2) is 23.8 Å². The van der Waals surface area contributed by atoms with Gasteiger partial charge >= 0.3 is 0 Å². The molecule has 0 bridgehead atoms. The molecular formula is C16H26. The van der Waals surface area contributed by atoms with Crippen LogP contribution in [0.25, 0.3) is 0 Å². The zero-order valence-corrected chi connectivity index (χ0v) is 10.6. The third-order valence-electron chi connectivity index (χ3n) is 4.16. The smallest absolute Gasteiger partial charge is 0.0200 e. The molecule has 0 aromatic heterocycles. The van der Waals surface area contributed by atoms with Gasteiger partial charge in [0.15, 0.2) is 0 Å². The molecule has 0 atom stereocenters. The highest BCUT2D eigenvalue weighted by molar-refractivity contribution is 5.16. The fraction of sp³-hybridized carbons (Fsp3) is 0.750. The van der Waals surface area contributed by atoms with Crippen LogP contribution in [0.5, 0.6) is 0 Å². The zero-order chi connectivity index (χ0) is 11.1. The van der Waals surface area contributed by atoms with Gasteiger partial charge in [-0.05, 0) is 44.4 Å². The molecule has 90 valence electrons. The second kappa shape index (κ2) is 6.93. The maximum Gasteiger partial charge on any atom is -0.0200 e. The Labute approximate surface area is 101 Å². The SMILES string of the molecule is C1=CCCCCC(C2CCCCCCC2)=C1. The number of hydrogen-bond acceptors (Lipinski definition) is 0. The molecule has 0 heterocycles. The van der Waals surface area contributed by atoms with Crippen LogP contribution in [-0.2, 0) is 0 Å². The lowest BCUT2D eigenvalue weighted by atomic mass is 9.83. The van der Waals surface area contributed by atoms with Crippen molar-refractivity contribution in [1.82, 2.24) is 0 Å². The summed E-state index contributed by atoms with van der Waals surface area (Å²) in [5.74, 6) is 0.919. The summed E-state index contributed by atoms with van der Waals surface area (Å²) in [7, 11) is 0. The minimum atomic E-state index is 0.919. The topological polar surface area (TPSA) is 0 Å². The van der Waals surface area contributed by atoms with Crippen LogP contribution in [0.4, 0.5) is 0 Å². The molecule has 1 saturated carbocycles. The molecule has 16 heavy (non-hydrogen) atoms. The monoisotopic (exact) mass is 218 g/mol. The summed E-state index contributed by atoms with van der Waals surface area (Å²) in [5, 5.41) is 0. The van der Waals surface area contributed by atoms with Crippen LogP contribution < -0.4 is 0 Å². The molecule has 0 spiro atoms. The lowest BCUT2D eigenvalue weighted by Crippen LogP contribution is -2.07. The Morgan fingerprint density at radius 1 is 0.812 bits per heavy atom. The number of rotatable bonds is 1. The standard InChI is InChI=1S/C16H26/c1-3-7-11-15(12-8-4-1)16-13-9-5-2-6-10-14-16/h3,7,11,16H,1-2,4-6,8-10,12-14H2. The Bertz CT molecular complexity index is 239. The normalized spacial score (nSPS) is 25.1. The first-order valence-corrected chi connectivity index (χ1v) is 7.32. The first-order valence-electron chi connectivity index (χ1n) is 7.32. The van der Waals surface area contributed by atoms with Crippen LogP contribution >= 0.6 is 0 Å². The molecule has 2 rings (SSSR count). The summed E-state index contributed by atoms with van der Waals surface area (Å²) >= 11 is 0. The second-order valence-corrected chi connectivity index (χ2v) is 5.46. The summed E-state index contributed by atoms with van der Waals surface area (Å²) < 4.78 is 0. The van der Waals surface area contributed by atoms with Gasteiger partial charge in [0.25, 0.3) is 0 Å². The average molecular weight is 218 g/mol. The highest BCUT2D eigenvalue weighted by atomic mass is 14.2. The van der Waals surface area contributed by atoms with E-state index in [1.807, 2.05) is 0 Å². The van der Waals surface area contributed by atoms with Crippen LogP contribution in [0, 0.1) is 5.92 Å². The van der Waals surface area contributed by atoms with Crippen LogP contribution in [-0.4, -0.2) is 0 Å². The molecule has 0 aliphatic heterocycles. The van der Waals surface area contributed by atoms with Crippen molar-refractivity contribution < 1.29 is 0 Å². The molecule has 0 amide bonds. The van der Waals surface area contributed by atoms with Gasteiger partial charge < -0.3 is 0 Å². The molecule has 0 aromatic rings. The van der Waals surface area contributed by atoms with Crippen molar-refractivity contribution in [1.29, 1.82) is 0 Å². The molecule has 0 radical (unpaired) electrons. The van der Waals surface area contributed by atoms with E-state index < -0.39 is 0 Å². The van der Waals surface area contributed by atoms with Gasteiger partial charge in [-0.15, -0.1) is 0 Å². The van der Waals surface area contributed by atoms with Gasteiger partial charge in [0.2, 0.25) is 0 Å². The maximum atomic E-state index is 2.44. The van der Waals surface area contributed by atoms with Crippen molar-refractivity contribution in [2.24, 2.45) is 5.92 Å². The van der Waals surface area contributed by atoms with Crippen molar-refractivity contribution >= 4 is 0 Å². The lowest BCUT2D eigenvalue weighted by Gasteiger charge is -2.23. The molecule has 0 unspecified atom stereocenters. The Hall–Kier alpha value is -0.520. The molecule has 0 aromatic carbocycles. The van der Waals surface area contributed by atoms with Crippen molar-refractivity contribution in [3.8, 4) is 0 Å². The van der Waals surface area contributed by atoms with Crippen molar-refractivity contribution in [3.05, 3.63) is 23.8 Å². The first-order chi connectivity index (χ1) is 7.97. The van der Waals surface area contributed by atoms with Crippen LogP contribution in [0.2, 0.25) is 0 Å². The Morgan fingerprint density at radius 3 is 2.38 bits per heavy atom. The Kier molecular flexibility index (Phi) is 5.18. The Morgan fingerprint density at radius 2 is 1.56 bits per heavy atom. The number of hydrogen-bond donors (Lipinski definition) is 0. The van der Waals surface area contributed by atoms with E-state index in [0.29, 0.717) is 0 Å². The third-order valence-corrected chi connectivity index (χ3v) is 4.16. The van der Waals surface area contributed by atoms with Gasteiger partial charge in [0, 0.05) is 0 Å². The summed E-state index contributed by atoms with van der Waals surface area (Å²) in [6.45, 7) is 0. The number of allylic oxidation sites excluding steroid dienone is 4. The predicted molar refractivity (Wildman–Crippen MR) is 71.5 cm³/mol. The van der Waals surface area contributed by atoms with E-state index in [1.54, 1.807) is 5.57 Å².